The molecule has 3 fully saturated rings. The summed E-state index contributed by atoms with van der Waals surface area (Å²) in [7, 11) is 0. The molecular weight excluding hydrogens is 284 g/mol. The molecular formula is C21H32O2. The van der Waals surface area contributed by atoms with Gasteiger partial charge in [0.2, 0.25) is 0 Å². The van der Waals surface area contributed by atoms with Gasteiger partial charge in [0, 0.05) is 6.42 Å². The number of ketones is 1. The van der Waals surface area contributed by atoms with Gasteiger partial charge in [-0.05, 0) is 92.4 Å². The number of carbonyl (C=O) groups is 1. The molecule has 4 rings (SSSR count). The zero-order valence-corrected chi connectivity index (χ0v) is 15.0. The van der Waals surface area contributed by atoms with Crippen LogP contribution < -0.4 is 0 Å². The second-order valence-electron chi connectivity index (χ2n) is 9.44. The summed E-state index contributed by atoms with van der Waals surface area (Å²) in [6.45, 7) is 6.92. The quantitative estimate of drug-likeness (QED) is 0.772. The van der Waals surface area contributed by atoms with Gasteiger partial charge in [-0.15, -0.1) is 0 Å². The van der Waals surface area contributed by atoms with E-state index in [4.69, 9.17) is 0 Å². The SMILES string of the molecule is C[C@H](O)[C@H]1CC[C@@H]2[C@H]3CCC4=CC(=O)CC[C@]4(C)[C@@H]3CC[C@@]21C. The predicted octanol–water partition coefficient (Wildman–Crippen LogP) is 4.52. The molecule has 23 heavy (non-hydrogen) atoms. The Bertz CT molecular complexity index is 548. The molecule has 0 radical (unpaired) electrons. The van der Waals surface area contributed by atoms with Crippen LogP contribution in [0, 0.1) is 34.5 Å². The van der Waals surface area contributed by atoms with Crippen molar-refractivity contribution in [1.82, 2.24) is 0 Å². The lowest BCUT2D eigenvalue weighted by Gasteiger charge is -2.58. The van der Waals surface area contributed by atoms with Crippen molar-refractivity contribution in [3.63, 3.8) is 0 Å². The Morgan fingerprint density at radius 2 is 1.87 bits per heavy atom. The molecule has 0 heterocycles. The van der Waals surface area contributed by atoms with Crippen LogP contribution in [0.5, 0.6) is 0 Å². The van der Waals surface area contributed by atoms with Crippen molar-refractivity contribution < 1.29 is 9.90 Å². The van der Waals surface area contributed by atoms with Gasteiger partial charge in [-0.2, -0.15) is 0 Å². The van der Waals surface area contributed by atoms with Crippen molar-refractivity contribution >= 4 is 5.78 Å². The van der Waals surface area contributed by atoms with Crippen LogP contribution in [0.1, 0.15) is 72.1 Å². The Morgan fingerprint density at radius 3 is 2.61 bits per heavy atom. The summed E-state index contributed by atoms with van der Waals surface area (Å²) in [5.74, 6) is 3.21. The molecule has 2 heteroatoms. The van der Waals surface area contributed by atoms with Crippen LogP contribution in [0.15, 0.2) is 11.6 Å². The van der Waals surface area contributed by atoms with Gasteiger partial charge in [0.05, 0.1) is 6.10 Å². The van der Waals surface area contributed by atoms with Crippen LogP contribution in [0.25, 0.3) is 0 Å². The average Bonchev–Trinajstić information content (AvgIpc) is 2.85. The fourth-order valence-electron chi connectivity index (χ4n) is 7.39. The largest absolute Gasteiger partial charge is 0.393 e. The third-order valence-electron chi connectivity index (χ3n) is 8.62. The van der Waals surface area contributed by atoms with Crippen LogP contribution in [0.2, 0.25) is 0 Å². The molecule has 7 atom stereocenters. The molecule has 0 unspecified atom stereocenters. The number of fused-ring (bicyclic) bond motifs is 5. The first-order valence-electron chi connectivity index (χ1n) is 9.78. The molecule has 0 bridgehead atoms. The highest BCUT2D eigenvalue weighted by Crippen LogP contribution is 2.66. The third-order valence-corrected chi connectivity index (χ3v) is 8.62. The zero-order chi connectivity index (χ0) is 16.4. The van der Waals surface area contributed by atoms with E-state index in [1.165, 1.54) is 37.7 Å². The van der Waals surface area contributed by atoms with E-state index in [2.05, 4.69) is 13.8 Å². The van der Waals surface area contributed by atoms with Crippen LogP contribution in [0.3, 0.4) is 0 Å². The van der Waals surface area contributed by atoms with E-state index in [0.29, 0.717) is 17.1 Å². The number of hydrogen-bond donors (Lipinski definition) is 1. The average molecular weight is 316 g/mol. The molecule has 4 aliphatic rings. The fraction of sp³-hybridized carbons (Fsp3) is 0.857. The van der Waals surface area contributed by atoms with Crippen molar-refractivity contribution in [3.8, 4) is 0 Å². The van der Waals surface area contributed by atoms with Crippen LogP contribution in [0.4, 0.5) is 0 Å². The maximum Gasteiger partial charge on any atom is 0.155 e. The Hall–Kier alpha value is -0.630. The maximum absolute atomic E-state index is 11.9. The van der Waals surface area contributed by atoms with Crippen LogP contribution >= 0.6 is 0 Å². The van der Waals surface area contributed by atoms with Gasteiger partial charge in [-0.1, -0.05) is 19.4 Å². The van der Waals surface area contributed by atoms with Crippen molar-refractivity contribution in [2.75, 3.05) is 0 Å². The standard InChI is InChI=1S/C21H32O2/c1-13(22)17-6-7-18-16-5-4-14-12-15(23)8-10-20(14,2)19(16)9-11-21(17,18)3/h12-13,16-19,22H,4-11H2,1-3H3/t13-,16+,17+,18+,19+,20-,21+/m0/s1. The molecule has 4 aliphatic carbocycles. The molecule has 0 aromatic carbocycles. The lowest BCUT2D eigenvalue weighted by molar-refractivity contribution is -0.117. The molecule has 0 saturated heterocycles. The van der Waals surface area contributed by atoms with E-state index >= 15 is 0 Å². The van der Waals surface area contributed by atoms with E-state index in [0.717, 1.165) is 37.0 Å². The summed E-state index contributed by atoms with van der Waals surface area (Å²) in [4.78, 5) is 11.9. The van der Waals surface area contributed by atoms with E-state index in [-0.39, 0.29) is 11.5 Å². The summed E-state index contributed by atoms with van der Waals surface area (Å²) >= 11 is 0. The second kappa shape index (κ2) is 5.18. The van der Waals surface area contributed by atoms with E-state index in [1.54, 1.807) is 0 Å². The first-order chi connectivity index (χ1) is 10.9. The number of carbonyl (C=O) groups excluding carboxylic acids is 1. The third kappa shape index (κ3) is 2.13. The topological polar surface area (TPSA) is 37.3 Å². The Labute approximate surface area is 140 Å². The molecule has 3 saturated carbocycles. The monoisotopic (exact) mass is 316 g/mol. The molecule has 0 amide bonds. The van der Waals surface area contributed by atoms with E-state index in [9.17, 15) is 9.90 Å². The minimum absolute atomic E-state index is 0.163. The van der Waals surface area contributed by atoms with Gasteiger partial charge in [-0.3, -0.25) is 4.79 Å². The molecule has 0 aromatic rings. The van der Waals surface area contributed by atoms with Crippen LogP contribution in [-0.4, -0.2) is 17.0 Å². The van der Waals surface area contributed by atoms with Gasteiger partial charge in [0.1, 0.15) is 0 Å². The normalized spacial score (nSPS) is 50.6. The maximum atomic E-state index is 11.9. The van der Waals surface area contributed by atoms with Gasteiger partial charge >= 0.3 is 0 Å². The van der Waals surface area contributed by atoms with Crippen molar-refractivity contribution in [2.45, 2.75) is 78.2 Å². The van der Waals surface area contributed by atoms with Gasteiger partial charge in [0.25, 0.3) is 0 Å². The molecule has 2 nitrogen and oxygen atoms in total. The number of rotatable bonds is 1. The molecule has 128 valence electrons. The Morgan fingerprint density at radius 1 is 1.09 bits per heavy atom. The number of hydrogen-bond acceptors (Lipinski definition) is 2. The summed E-state index contributed by atoms with van der Waals surface area (Å²) in [6, 6.07) is 0. The fourth-order valence-corrected chi connectivity index (χ4v) is 7.39. The van der Waals surface area contributed by atoms with E-state index < -0.39 is 0 Å². The molecule has 0 aromatic heterocycles. The second-order valence-corrected chi connectivity index (χ2v) is 9.44. The van der Waals surface area contributed by atoms with Crippen LogP contribution in [-0.2, 0) is 4.79 Å². The number of aliphatic hydroxyl groups excluding tert-OH is 1. The lowest BCUT2D eigenvalue weighted by atomic mass is 9.46. The first kappa shape index (κ1) is 15.9. The summed E-state index contributed by atoms with van der Waals surface area (Å²) in [5, 5.41) is 10.3. The van der Waals surface area contributed by atoms with Crippen molar-refractivity contribution in [3.05, 3.63) is 11.6 Å². The highest BCUT2D eigenvalue weighted by molar-refractivity contribution is 5.91. The molecule has 0 spiro atoms. The minimum atomic E-state index is -0.163. The predicted molar refractivity (Wildman–Crippen MR) is 91.9 cm³/mol. The van der Waals surface area contributed by atoms with Gasteiger partial charge in [-0.25, -0.2) is 0 Å². The Balaban J connectivity index is 1.66. The molecule has 1 N–H and O–H groups in total. The minimum Gasteiger partial charge on any atom is -0.393 e. The number of allylic oxidation sites excluding steroid dienone is 1. The summed E-state index contributed by atoms with van der Waals surface area (Å²) in [6.07, 6.45) is 11.1. The van der Waals surface area contributed by atoms with Gasteiger partial charge < -0.3 is 5.11 Å². The smallest absolute Gasteiger partial charge is 0.155 e. The lowest BCUT2D eigenvalue weighted by Crippen LogP contribution is -2.51. The number of aliphatic hydroxyl groups is 1. The van der Waals surface area contributed by atoms with Crippen molar-refractivity contribution in [2.24, 2.45) is 34.5 Å². The zero-order valence-electron chi connectivity index (χ0n) is 15.0. The molecule has 0 aliphatic heterocycles. The highest BCUT2D eigenvalue weighted by atomic mass is 16.3. The Kier molecular flexibility index (Phi) is 3.58. The summed E-state index contributed by atoms with van der Waals surface area (Å²) < 4.78 is 0. The summed E-state index contributed by atoms with van der Waals surface area (Å²) in [5.41, 5.74) is 2.09. The van der Waals surface area contributed by atoms with E-state index in [1.807, 2.05) is 13.0 Å². The van der Waals surface area contributed by atoms with Crippen molar-refractivity contribution in [1.29, 1.82) is 0 Å². The van der Waals surface area contributed by atoms with Gasteiger partial charge in [0.15, 0.2) is 5.78 Å². The first-order valence-corrected chi connectivity index (χ1v) is 9.78. The highest BCUT2D eigenvalue weighted by Gasteiger charge is 2.59.